The Morgan fingerprint density at radius 2 is 0.967 bits per heavy atom. The maximum Gasteiger partial charge on any atom is 0.324 e. The first kappa shape index (κ1) is 28.2. The predicted molar refractivity (Wildman–Crippen MR) is 115 cm³/mol. The number of Topliss-reactive ketones (excluding diaryl/α,β-unsaturated/α-hetero) is 2. The van der Waals surface area contributed by atoms with Crippen molar-refractivity contribution in [1.29, 1.82) is 0 Å². The van der Waals surface area contributed by atoms with Crippen LogP contribution in [0.25, 0.3) is 0 Å². The Morgan fingerprint density at radius 1 is 0.667 bits per heavy atom. The molecule has 0 heterocycles. The van der Waals surface area contributed by atoms with Crippen molar-refractivity contribution in [3.8, 4) is 0 Å². The van der Waals surface area contributed by atoms with Gasteiger partial charge in [0.05, 0.1) is 0 Å². The Labute approximate surface area is 180 Å². The molecule has 0 aliphatic carbocycles. The van der Waals surface area contributed by atoms with Crippen LogP contribution in [0.4, 0.5) is 0 Å². The van der Waals surface area contributed by atoms with E-state index in [1.165, 1.54) is 13.8 Å². The van der Waals surface area contributed by atoms with Crippen molar-refractivity contribution < 1.29 is 28.7 Å². The highest BCUT2D eigenvalue weighted by atomic mass is 16.6. The van der Waals surface area contributed by atoms with Crippen LogP contribution in [0.2, 0.25) is 0 Å². The molecule has 0 spiro atoms. The van der Waals surface area contributed by atoms with E-state index in [0.29, 0.717) is 25.9 Å². The predicted octanol–water partition coefficient (Wildman–Crippen LogP) is 2.32. The summed E-state index contributed by atoms with van der Waals surface area (Å²) in [5.74, 6) is -1.07. The van der Waals surface area contributed by atoms with E-state index >= 15 is 0 Å². The van der Waals surface area contributed by atoms with Gasteiger partial charge in [-0.15, -0.1) is 0 Å². The fourth-order valence-corrected chi connectivity index (χ4v) is 2.60. The number of rotatable bonds is 13. The standard InChI is InChI=1S/C22H40N2O6/c1-15(25)13-17(19(27)29-21(3,4)5)23-11-9-10-12-24-18(14-16(2)26)20(28)30-22(6,7)8/h17-18,23-24H,9-14H2,1-8H3/t17-,18-/m0/s1. The van der Waals surface area contributed by atoms with Crippen molar-refractivity contribution in [3.63, 3.8) is 0 Å². The van der Waals surface area contributed by atoms with Gasteiger partial charge < -0.3 is 20.1 Å². The Kier molecular flexibility index (Phi) is 12.0. The highest BCUT2D eigenvalue weighted by Crippen LogP contribution is 2.11. The lowest BCUT2D eigenvalue weighted by atomic mass is 10.1. The molecule has 2 N–H and O–H groups in total. The molecule has 0 aromatic rings. The van der Waals surface area contributed by atoms with Crippen LogP contribution in [-0.2, 0) is 28.7 Å². The lowest BCUT2D eigenvalue weighted by Crippen LogP contribution is -2.43. The minimum atomic E-state index is -0.679. The second-order valence-corrected chi connectivity index (χ2v) is 9.60. The first-order valence-corrected chi connectivity index (χ1v) is 10.5. The van der Waals surface area contributed by atoms with E-state index in [4.69, 9.17) is 9.47 Å². The van der Waals surface area contributed by atoms with Crippen molar-refractivity contribution in [2.45, 2.75) is 104 Å². The van der Waals surface area contributed by atoms with Gasteiger partial charge in [-0.2, -0.15) is 0 Å². The van der Waals surface area contributed by atoms with Gasteiger partial charge in [-0.25, -0.2) is 0 Å². The van der Waals surface area contributed by atoms with Gasteiger partial charge in [-0.05, 0) is 81.3 Å². The van der Waals surface area contributed by atoms with Crippen molar-refractivity contribution in [1.82, 2.24) is 10.6 Å². The minimum Gasteiger partial charge on any atom is -0.459 e. The lowest BCUT2D eigenvalue weighted by molar-refractivity contribution is -0.159. The van der Waals surface area contributed by atoms with Crippen LogP contribution < -0.4 is 10.6 Å². The third-order valence-corrected chi connectivity index (χ3v) is 3.75. The molecule has 0 saturated heterocycles. The number of carbonyl (C=O) groups excluding carboxylic acids is 4. The van der Waals surface area contributed by atoms with Crippen LogP contribution in [0.5, 0.6) is 0 Å². The van der Waals surface area contributed by atoms with Gasteiger partial charge in [0.2, 0.25) is 0 Å². The molecule has 2 atom stereocenters. The number of unbranched alkanes of at least 4 members (excludes halogenated alkanes) is 1. The van der Waals surface area contributed by atoms with Crippen LogP contribution in [0, 0.1) is 0 Å². The number of nitrogens with one attached hydrogen (secondary N) is 2. The topological polar surface area (TPSA) is 111 Å². The molecule has 0 rings (SSSR count). The van der Waals surface area contributed by atoms with Gasteiger partial charge in [-0.1, -0.05) is 0 Å². The van der Waals surface area contributed by atoms with Crippen LogP contribution in [0.3, 0.4) is 0 Å². The van der Waals surface area contributed by atoms with Gasteiger partial charge in [0.15, 0.2) is 0 Å². The van der Waals surface area contributed by atoms with E-state index in [2.05, 4.69) is 10.6 Å². The average Bonchev–Trinajstić information content (AvgIpc) is 2.51. The van der Waals surface area contributed by atoms with E-state index < -0.39 is 35.2 Å². The Bertz CT molecular complexity index is 537. The minimum absolute atomic E-state index is 0.0759. The smallest absolute Gasteiger partial charge is 0.324 e. The quantitative estimate of drug-likeness (QED) is 0.340. The third-order valence-electron chi connectivity index (χ3n) is 3.75. The molecule has 0 unspecified atom stereocenters. The fraction of sp³-hybridized carbons (Fsp3) is 0.818. The van der Waals surface area contributed by atoms with E-state index in [1.54, 1.807) is 41.5 Å². The maximum absolute atomic E-state index is 12.3. The number of hydrogen-bond acceptors (Lipinski definition) is 8. The number of esters is 2. The summed E-state index contributed by atoms with van der Waals surface area (Å²) < 4.78 is 10.7. The summed E-state index contributed by atoms with van der Waals surface area (Å²) in [5, 5.41) is 6.16. The summed E-state index contributed by atoms with van der Waals surface area (Å²) in [4.78, 5) is 47.4. The zero-order valence-electron chi connectivity index (χ0n) is 19.8. The third kappa shape index (κ3) is 15.1. The van der Waals surface area contributed by atoms with Crippen molar-refractivity contribution >= 4 is 23.5 Å². The summed E-state index contributed by atoms with van der Waals surface area (Å²) in [7, 11) is 0. The molecule has 8 heteroatoms. The van der Waals surface area contributed by atoms with E-state index in [1.807, 2.05) is 0 Å². The molecule has 174 valence electrons. The molecule has 0 bridgehead atoms. The van der Waals surface area contributed by atoms with Crippen molar-refractivity contribution in [2.24, 2.45) is 0 Å². The van der Waals surface area contributed by atoms with Gasteiger partial charge in [0.1, 0.15) is 34.9 Å². The molecule has 0 radical (unpaired) electrons. The Morgan fingerprint density at radius 3 is 1.20 bits per heavy atom. The zero-order chi connectivity index (χ0) is 23.5. The average molecular weight is 429 g/mol. The SMILES string of the molecule is CC(=O)C[C@H](NCCCCN[C@@H](CC(C)=O)C(=O)OC(C)(C)C)C(=O)OC(C)(C)C. The molecular formula is C22H40N2O6. The van der Waals surface area contributed by atoms with Crippen LogP contribution in [-0.4, -0.2) is 59.9 Å². The molecule has 0 aromatic carbocycles. The second kappa shape index (κ2) is 12.8. The first-order valence-electron chi connectivity index (χ1n) is 10.5. The monoisotopic (exact) mass is 428 g/mol. The van der Waals surface area contributed by atoms with Crippen molar-refractivity contribution in [3.05, 3.63) is 0 Å². The summed E-state index contributed by atoms with van der Waals surface area (Å²) in [6.07, 6.45) is 1.58. The molecule has 0 aliphatic heterocycles. The van der Waals surface area contributed by atoms with E-state index in [-0.39, 0.29) is 24.4 Å². The van der Waals surface area contributed by atoms with E-state index in [0.717, 1.165) is 0 Å². The van der Waals surface area contributed by atoms with Crippen LogP contribution in [0.1, 0.15) is 81.1 Å². The van der Waals surface area contributed by atoms with Gasteiger partial charge in [0.25, 0.3) is 0 Å². The number of ether oxygens (including phenoxy) is 2. The van der Waals surface area contributed by atoms with Gasteiger partial charge >= 0.3 is 11.9 Å². The fourth-order valence-electron chi connectivity index (χ4n) is 2.60. The van der Waals surface area contributed by atoms with Gasteiger partial charge in [0, 0.05) is 12.8 Å². The van der Waals surface area contributed by atoms with E-state index in [9.17, 15) is 19.2 Å². The van der Waals surface area contributed by atoms with Gasteiger partial charge in [-0.3, -0.25) is 19.2 Å². The highest BCUT2D eigenvalue weighted by Gasteiger charge is 2.27. The Balaban J connectivity index is 4.49. The zero-order valence-corrected chi connectivity index (χ0v) is 19.8. The molecule has 30 heavy (non-hydrogen) atoms. The second-order valence-electron chi connectivity index (χ2n) is 9.60. The number of carbonyl (C=O) groups is 4. The van der Waals surface area contributed by atoms with Crippen LogP contribution >= 0.6 is 0 Å². The molecule has 0 amide bonds. The normalized spacial score (nSPS) is 14.0. The van der Waals surface area contributed by atoms with Crippen LogP contribution in [0.15, 0.2) is 0 Å². The molecule has 0 aliphatic rings. The number of hydrogen-bond donors (Lipinski definition) is 2. The number of ketones is 2. The summed E-state index contributed by atoms with van der Waals surface area (Å²) in [6.45, 7) is 14.6. The Hall–Kier alpha value is -1.80. The molecular weight excluding hydrogens is 388 g/mol. The molecule has 8 nitrogen and oxygen atoms in total. The lowest BCUT2D eigenvalue weighted by Gasteiger charge is -2.24. The largest absolute Gasteiger partial charge is 0.459 e. The van der Waals surface area contributed by atoms with Crippen molar-refractivity contribution in [2.75, 3.05) is 13.1 Å². The highest BCUT2D eigenvalue weighted by molar-refractivity contribution is 5.85. The first-order chi connectivity index (χ1) is 13.6. The summed E-state index contributed by atoms with van der Waals surface area (Å²) >= 11 is 0. The molecule has 0 aromatic heterocycles. The maximum atomic E-state index is 12.3. The summed E-state index contributed by atoms with van der Waals surface area (Å²) in [5.41, 5.74) is -1.24. The molecule has 0 fully saturated rings. The summed E-state index contributed by atoms with van der Waals surface area (Å²) in [6, 6.07) is -1.36. The molecule has 0 saturated carbocycles.